The molecule has 2 aromatic rings. The van der Waals surface area contributed by atoms with Crippen LogP contribution in [0.3, 0.4) is 0 Å². The highest BCUT2D eigenvalue weighted by atomic mass is 127. The summed E-state index contributed by atoms with van der Waals surface area (Å²) in [6.07, 6.45) is 0. The van der Waals surface area contributed by atoms with Crippen molar-refractivity contribution in [3.05, 3.63) is 49.5 Å². The number of benzene rings is 2. The van der Waals surface area contributed by atoms with E-state index in [4.69, 9.17) is 32.7 Å². The molecule has 0 atom stereocenters. The van der Waals surface area contributed by atoms with Crippen LogP contribution < -0.4 is 14.8 Å². The van der Waals surface area contributed by atoms with E-state index < -0.39 is 0 Å². The third kappa shape index (κ3) is 4.33. The number of halogens is 3. The maximum absolute atomic E-state index is 6.02. The predicted molar refractivity (Wildman–Crippen MR) is 101 cm³/mol. The molecule has 0 aromatic heterocycles. The highest BCUT2D eigenvalue weighted by molar-refractivity contribution is 14.1. The molecule has 0 aliphatic heterocycles. The molecule has 2 aromatic carbocycles. The molecule has 0 saturated carbocycles. The van der Waals surface area contributed by atoms with Crippen LogP contribution in [0, 0.1) is 3.57 Å². The van der Waals surface area contributed by atoms with Crippen LogP contribution in [0.2, 0.25) is 10.0 Å². The minimum absolute atomic E-state index is 0.533. The van der Waals surface area contributed by atoms with Crippen LogP contribution in [0.1, 0.15) is 12.5 Å². The van der Waals surface area contributed by atoms with E-state index in [1.165, 1.54) is 0 Å². The van der Waals surface area contributed by atoms with Crippen molar-refractivity contribution >= 4 is 51.5 Å². The average molecular weight is 452 g/mol. The zero-order valence-electron chi connectivity index (χ0n) is 12.3. The lowest BCUT2D eigenvalue weighted by Gasteiger charge is -2.14. The van der Waals surface area contributed by atoms with E-state index in [2.05, 4.69) is 34.0 Å². The van der Waals surface area contributed by atoms with Crippen LogP contribution in [0.5, 0.6) is 11.5 Å². The first-order valence-corrected chi connectivity index (χ1v) is 8.56. The Morgan fingerprint density at radius 3 is 2.55 bits per heavy atom. The summed E-state index contributed by atoms with van der Waals surface area (Å²) in [5.41, 5.74) is 2.01. The molecule has 0 fully saturated rings. The molecule has 0 saturated heterocycles. The molecule has 0 aliphatic rings. The van der Waals surface area contributed by atoms with Gasteiger partial charge in [0.1, 0.15) is 0 Å². The maximum atomic E-state index is 6.02. The van der Waals surface area contributed by atoms with Gasteiger partial charge in [-0.2, -0.15) is 0 Å². The second kappa shape index (κ2) is 8.13. The van der Waals surface area contributed by atoms with Crippen molar-refractivity contribution in [1.29, 1.82) is 0 Å². The van der Waals surface area contributed by atoms with E-state index in [9.17, 15) is 0 Å². The standard InChI is InChI=1S/C16H16Cl2INO2/c1-3-22-15-7-10(6-14(19)16(15)21-2)9-20-11-4-5-12(17)13(18)8-11/h4-8,20H,3,9H2,1-2H3. The minimum Gasteiger partial charge on any atom is -0.492 e. The van der Waals surface area contributed by atoms with Gasteiger partial charge >= 0.3 is 0 Å². The second-order valence-corrected chi connectivity index (χ2v) is 6.50. The fourth-order valence-corrected chi connectivity index (χ4v) is 3.18. The molecule has 0 unspecified atom stereocenters. The van der Waals surface area contributed by atoms with Gasteiger partial charge in [-0.1, -0.05) is 23.2 Å². The zero-order valence-corrected chi connectivity index (χ0v) is 15.9. The van der Waals surface area contributed by atoms with Gasteiger partial charge in [-0.15, -0.1) is 0 Å². The number of methoxy groups -OCH3 is 1. The topological polar surface area (TPSA) is 30.5 Å². The van der Waals surface area contributed by atoms with Crippen molar-refractivity contribution in [2.45, 2.75) is 13.5 Å². The normalized spacial score (nSPS) is 10.4. The number of hydrogen-bond donors (Lipinski definition) is 1. The number of hydrogen-bond acceptors (Lipinski definition) is 3. The predicted octanol–water partition coefficient (Wildman–Crippen LogP) is 5.62. The largest absolute Gasteiger partial charge is 0.492 e. The van der Waals surface area contributed by atoms with Gasteiger partial charge < -0.3 is 14.8 Å². The molecule has 6 heteroatoms. The Bertz CT molecular complexity index is 665. The van der Waals surface area contributed by atoms with Gasteiger partial charge in [0.2, 0.25) is 0 Å². The summed E-state index contributed by atoms with van der Waals surface area (Å²) in [6.45, 7) is 3.20. The Kier molecular flexibility index (Phi) is 6.47. The van der Waals surface area contributed by atoms with Crippen LogP contribution in [0.15, 0.2) is 30.3 Å². The fourth-order valence-electron chi connectivity index (χ4n) is 1.99. The fraction of sp³-hybridized carbons (Fsp3) is 0.250. The van der Waals surface area contributed by atoms with Crippen molar-refractivity contribution in [1.82, 2.24) is 0 Å². The van der Waals surface area contributed by atoms with Crippen LogP contribution in [-0.4, -0.2) is 13.7 Å². The first-order valence-electron chi connectivity index (χ1n) is 6.73. The van der Waals surface area contributed by atoms with Crippen LogP contribution in [0.4, 0.5) is 5.69 Å². The molecular weight excluding hydrogens is 436 g/mol. The summed E-state index contributed by atoms with van der Waals surface area (Å²) in [7, 11) is 1.65. The molecule has 0 amide bonds. The molecule has 0 aliphatic carbocycles. The van der Waals surface area contributed by atoms with Crippen molar-refractivity contribution in [3.63, 3.8) is 0 Å². The van der Waals surface area contributed by atoms with E-state index in [-0.39, 0.29) is 0 Å². The molecule has 1 N–H and O–H groups in total. The van der Waals surface area contributed by atoms with Gasteiger partial charge in [0.05, 0.1) is 27.3 Å². The van der Waals surface area contributed by atoms with E-state index in [1.54, 1.807) is 13.2 Å². The van der Waals surface area contributed by atoms with Gasteiger partial charge in [-0.05, 0) is 65.4 Å². The first kappa shape index (κ1) is 17.5. The number of ether oxygens (including phenoxy) is 2. The smallest absolute Gasteiger partial charge is 0.174 e. The molecular formula is C16H16Cl2INO2. The molecule has 118 valence electrons. The highest BCUT2D eigenvalue weighted by Gasteiger charge is 2.11. The summed E-state index contributed by atoms with van der Waals surface area (Å²) < 4.78 is 12.0. The Morgan fingerprint density at radius 2 is 1.91 bits per heavy atom. The molecule has 22 heavy (non-hydrogen) atoms. The molecule has 3 nitrogen and oxygen atoms in total. The monoisotopic (exact) mass is 451 g/mol. The summed E-state index contributed by atoms with van der Waals surface area (Å²) in [5, 5.41) is 4.40. The molecule has 0 heterocycles. The van der Waals surface area contributed by atoms with Crippen LogP contribution in [0.25, 0.3) is 0 Å². The molecule has 0 bridgehead atoms. The van der Waals surface area contributed by atoms with E-state index >= 15 is 0 Å². The SMILES string of the molecule is CCOc1cc(CNc2ccc(Cl)c(Cl)c2)cc(I)c1OC. The Morgan fingerprint density at radius 1 is 1.14 bits per heavy atom. The third-order valence-electron chi connectivity index (χ3n) is 2.99. The number of anilines is 1. The summed E-state index contributed by atoms with van der Waals surface area (Å²) in [5.74, 6) is 1.52. The second-order valence-electron chi connectivity index (χ2n) is 4.52. The Hall–Kier alpha value is -0.850. The van der Waals surface area contributed by atoms with Crippen LogP contribution >= 0.6 is 45.8 Å². The van der Waals surface area contributed by atoms with Gasteiger partial charge in [-0.3, -0.25) is 0 Å². The maximum Gasteiger partial charge on any atom is 0.174 e. The Balaban J connectivity index is 2.17. The molecule has 0 spiro atoms. The third-order valence-corrected chi connectivity index (χ3v) is 4.53. The molecule has 2 rings (SSSR count). The van der Waals surface area contributed by atoms with Gasteiger partial charge in [0.15, 0.2) is 11.5 Å². The van der Waals surface area contributed by atoms with Gasteiger partial charge in [-0.25, -0.2) is 0 Å². The van der Waals surface area contributed by atoms with Crippen molar-refractivity contribution in [2.75, 3.05) is 19.0 Å². The van der Waals surface area contributed by atoms with Gasteiger partial charge in [0.25, 0.3) is 0 Å². The lowest BCUT2D eigenvalue weighted by molar-refractivity contribution is 0.309. The van der Waals surface area contributed by atoms with Crippen LogP contribution in [-0.2, 0) is 6.54 Å². The quantitative estimate of drug-likeness (QED) is 0.578. The lowest BCUT2D eigenvalue weighted by atomic mass is 10.2. The summed E-state index contributed by atoms with van der Waals surface area (Å²) in [6, 6.07) is 9.52. The van der Waals surface area contributed by atoms with E-state index in [0.717, 1.165) is 26.3 Å². The Labute approximate surface area is 154 Å². The average Bonchev–Trinajstić information content (AvgIpc) is 2.49. The zero-order chi connectivity index (χ0) is 16.1. The van der Waals surface area contributed by atoms with Gasteiger partial charge in [0, 0.05) is 12.2 Å². The molecule has 0 radical (unpaired) electrons. The minimum atomic E-state index is 0.533. The summed E-state index contributed by atoms with van der Waals surface area (Å²) >= 11 is 14.2. The van der Waals surface area contributed by atoms with E-state index in [1.807, 2.05) is 25.1 Å². The van der Waals surface area contributed by atoms with Crippen molar-refractivity contribution < 1.29 is 9.47 Å². The first-order chi connectivity index (χ1) is 10.5. The van der Waals surface area contributed by atoms with Crippen molar-refractivity contribution in [2.24, 2.45) is 0 Å². The lowest BCUT2D eigenvalue weighted by Crippen LogP contribution is -2.03. The summed E-state index contributed by atoms with van der Waals surface area (Å²) in [4.78, 5) is 0. The number of rotatable bonds is 6. The van der Waals surface area contributed by atoms with Crippen molar-refractivity contribution in [3.8, 4) is 11.5 Å². The number of nitrogens with one attached hydrogen (secondary N) is 1. The van der Waals surface area contributed by atoms with E-state index in [0.29, 0.717) is 23.2 Å². The highest BCUT2D eigenvalue weighted by Crippen LogP contribution is 2.34.